The molecule has 0 atom stereocenters. The van der Waals surface area contributed by atoms with Crippen LogP contribution in [0.15, 0.2) is 39.8 Å². The minimum absolute atomic E-state index is 0.0822. The highest BCUT2D eigenvalue weighted by molar-refractivity contribution is 6.33. The molecular weight excluding hydrogens is 394 g/mol. The molecule has 5 rings (SSSR count). The molecular formula is C20H20ClN5O3. The van der Waals surface area contributed by atoms with Gasteiger partial charge in [0, 0.05) is 44.1 Å². The number of fused-ring (bicyclic) bond motifs is 1. The quantitative estimate of drug-likeness (QED) is 0.593. The molecule has 1 spiro atoms. The molecule has 0 radical (unpaired) electrons. The van der Waals surface area contributed by atoms with E-state index in [9.17, 15) is 9.59 Å². The number of hydrogen-bond donors (Lipinski definition) is 3. The van der Waals surface area contributed by atoms with Crippen LogP contribution in [0.25, 0.3) is 22.2 Å². The number of pyridine rings is 1. The van der Waals surface area contributed by atoms with Crippen LogP contribution in [0.4, 0.5) is 5.69 Å². The normalized spacial score (nSPS) is 18.9. The van der Waals surface area contributed by atoms with Gasteiger partial charge in [-0.2, -0.15) is 0 Å². The van der Waals surface area contributed by atoms with Crippen molar-refractivity contribution in [3.8, 4) is 11.1 Å². The Kier molecular flexibility index (Phi) is 4.33. The number of aromatic nitrogens is 2. The number of hydrogen-bond acceptors (Lipinski definition) is 6. The van der Waals surface area contributed by atoms with E-state index in [2.05, 4.69) is 25.5 Å². The van der Waals surface area contributed by atoms with E-state index in [0.717, 1.165) is 23.4 Å². The fourth-order valence-corrected chi connectivity index (χ4v) is 4.60. The van der Waals surface area contributed by atoms with Crippen LogP contribution < -0.4 is 21.3 Å². The zero-order chi connectivity index (χ0) is 20.0. The van der Waals surface area contributed by atoms with E-state index in [1.54, 1.807) is 18.5 Å². The first-order valence-corrected chi connectivity index (χ1v) is 9.99. The monoisotopic (exact) mass is 413 g/mol. The summed E-state index contributed by atoms with van der Waals surface area (Å²) in [5.41, 5.74) is 3.28. The van der Waals surface area contributed by atoms with Crippen molar-refractivity contribution in [2.75, 3.05) is 31.1 Å². The summed E-state index contributed by atoms with van der Waals surface area (Å²) in [6.07, 6.45) is 4.81. The number of amides is 1. The van der Waals surface area contributed by atoms with E-state index < -0.39 is 11.3 Å². The minimum Gasteiger partial charge on any atom is -0.408 e. The number of piperidine rings is 1. The van der Waals surface area contributed by atoms with Crippen molar-refractivity contribution in [1.29, 1.82) is 0 Å². The third-order valence-corrected chi connectivity index (χ3v) is 6.12. The molecule has 3 aromatic rings. The Bertz CT molecular complexity index is 1150. The number of H-pyrrole nitrogens is 1. The molecule has 2 fully saturated rings. The molecule has 2 aliphatic rings. The van der Waals surface area contributed by atoms with Crippen molar-refractivity contribution >= 4 is 34.3 Å². The van der Waals surface area contributed by atoms with Crippen LogP contribution in [0.1, 0.15) is 12.8 Å². The number of oxazole rings is 1. The number of aromatic amines is 1. The van der Waals surface area contributed by atoms with Crippen molar-refractivity contribution in [3.05, 3.63) is 46.2 Å². The summed E-state index contributed by atoms with van der Waals surface area (Å²) >= 11 is 6.57. The molecule has 8 nitrogen and oxygen atoms in total. The highest BCUT2D eigenvalue weighted by Crippen LogP contribution is 2.39. The molecule has 3 N–H and O–H groups in total. The molecule has 2 aromatic heterocycles. The molecule has 0 bridgehead atoms. The van der Waals surface area contributed by atoms with Crippen molar-refractivity contribution in [3.63, 3.8) is 0 Å². The number of nitrogens with one attached hydrogen (secondary N) is 3. The predicted octanol–water partition coefficient (Wildman–Crippen LogP) is 1.89. The first-order valence-electron chi connectivity index (χ1n) is 9.61. The van der Waals surface area contributed by atoms with Crippen LogP contribution >= 0.6 is 11.6 Å². The molecule has 9 heteroatoms. The van der Waals surface area contributed by atoms with Crippen molar-refractivity contribution < 1.29 is 9.21 Å². The van der Waals surface area contributed by atoms with E-state index in [1.165, 1.54) is 0 Å². The SMILES string of the molecule is O=C1NCCNC12CCN(c1c(Cl)cncc1-c1ccc3oc(=O)[nH]c3c1)CC2. The van der Waals surface area contributed by atoms with E-state index in [4.69, 9.17) is 16.0 Å². The molecule has 29 heavy (non-hydrogen) atoms. The first-order chi connectivity index (χ1) is 14.1. The van der Waals surface area contributed by atoms with Crippen LogP contribution in [0.5, 0.6) is 0 Å². The van der Waals surface area contributed by atoms with Gasteiger partial charge < -0.3 is 20.0 Å². The molecule has 0 aliphatic carbocycles. The predicted molar refractivity (Wildman–Crippen MR) is 110 cm³/mol. The number of carbonyl (C=O) groups excluding carboxylic acids is 1. The number of benzene rings is 1. The lowest BCUT2D eigenvalue weighted by Crippen LogP contribution is -2.66. The van der Waals surface area contributed by atoms with Gasteiger partial charge in [-0.1, -0.05) is 17.7 Å². The lowest BCUT2D eigenvalue weighted by atomic mass is 9.84. The number of piperazine rings is 1. The van der Waals surface area contributed by atoms with Crippen LogP contribution in [0.2, 0.25) is 5.02 Å². The summed E-state index contributed by atoms with van der Waals surface area (Å²) in [6.45, 7) is 2.85. The molecule has 2 saturated heterocycles. The van der Waals surface area contributed by atoms with E-state index in [1.807, 2.05) is 12.1 Å². The van der Waals surface area contributed by atoms with E-state index >= 15 is 0 Å². The Labute approximate surface area is 171 Å². The lowest BCUT2D eigenvalue weighted by molar-refractivity contribution is -0.130. The molecule has 150 valence electrons. The Hall–Kier alpha value is -2.84. The first kappa shape index (κ1) is 18.2. The number of rotatable bonds is 2. The zero-order valence-electron chi connectivity index (χ0n) is 15.6. The molecule has 0 saturated carbocycles. The molecule has 1 amide bonds. The van der Waals surface area contributed by atoms with Gasteiger partial charge in [-0.25, -0.2) is 4.79 Å². The lowest BCUT2D eigenvalue weighted by Gasteiger charge is -2.44. The molecule has 4 heterocycles. The fraction of sp³-hybridized carbons (Fsp3) is 0.350. The number of nitrogens with zero attached hydrogens (tertiary/aromatic N) is 2. The maximum absolute atomic E-state index is 12.4. The van der Waals surface area contributed by atoms with Gasteiger partial charge in [0.25, 0.3) is 0 Å². The molecule has 0 unspecified atom stereocenters. The van der Waals surface area contributed by atoms with Crippen molar-refractivity contribution in [2.45, 2.75) is 18.4 Å². The summed E-state index contributed by atoms with van der Waals surface area (Å²) in [7, 11) is 0. The summed E-state index contributed by atoms with van der Waals surface area (Å²) in [5, 5.41) is 6.94. The molecule has 2 aliphatic heterocycles. The topological polar surface area (TPSA) is 103 Å². The number of carbonyl (C=O) groups is 1. The van der Waals surface area contributed by atoms with Gasteiger partial charge in [-0.15, -0.1) is 0 Å². The summed E-state index contributed by atoms with van der Waals surface area (Å²) in [6, 6.07) is 5.50. The van der Waals surface area contributed by atoms with Gasteiger partial charge in [-0.05, 0) is 30.5 Å². The van der Waals surface area contributed by atoms with Gasteiger partial charge in [0.05, 0.1) is 16.2 Å². The van der Waals surface area contributed by atoms with Gasteiger partial charge in [0.15, 0.2) is 5.58 Å². The number of halogens is 1. The van der Waals surface area contributed by atoms with Gasteiger partial charge in [0.2, 0.25) is 5.91 Å². The van der Waals surface area contributed by atoms with E-state index in [0.29, 0.717) is 48.6 Å². The largest absolute Gasteiger partial charge is 0.417 e. The Morgan fingerprint density at radius 2 is 1.97 bits per heavy atom. The molecule has 1 aromatic carbocycles. The Morgan fingerprint density at radius 1 is 1.14 bits per heavy atom. The fourth-order valence-electron chi connectivity index (χ4n) is 4.32. The smallest absolute Gasteiger partial charge is 0.408 e. The second-order valence-electron chi connectivity index (χ2n) is 7.49. The summed E-state index contributed by atoms with van der Waals surface area (Å²) in [4.78, 5) is 33.1. The number of anilines is 1. The van der Waals surface area contributed by atoms with Crippen LogP contribution in [0.3, 0.4) is 0 Å². The summed E-state index contributed by atoms with van der Waals surface area (Å²) in [5.74, 6) is -0.403. The second-order valence-corrected chi connectivity index (χ2v) is 7.90. The second kappa shape index (κ2) is 6.89. The van der Waals surface area contributed by atoms with Gasteiger partial charge in [0.1, 0.15) is 5.54 Å². The maximum Gasteiger partial charge on any atom is 0.417 e. The van der Waals surface area contributed by atoms with Crippen molar-refractivity contribution in [1.82, 2.24) is 20.6 Å². The van der Waals surface area contributed by atoms with Crippen molar-refractivity contribution in [2.24, 2.45) is 0 Å². The highest BCUT2D eigenvalue weighted by Gasteiger charge is 2.43. The standard InChI is InChI=1S/C20H20ClN5O3/c21-14-11-22-10-13(12-1-2-16-15(9-12)25-19(28)29-16)17(14)26-7-3-20(4-8-26)18(27)23-5-6-24-20/h1-2,9-11,24H,3-8H2,(H,23,27)(H,25,28). The van der Waals surface area contributed by atoms with Gasteiger partial charge in [-0.3, -0.25) is 14.8 Å². The summed E-state index contributed by atoms with van der Waals surface area (Å²) < 4.78 is 5.09. The minimum atomic E-state index is -0.496. The average molecular weight is 414 g/mol. The third-order valence-electron chi connectivity index (χ3n) is 5.84. The third kappa shape index (κ3) is 3.08. The van der Waals surface area contributed by atoms with E-state index in [-0.39, 0.29) is 5.91 Å². The van der Waals surface area contributed by atoms with Crippen LogP contribution in [0, 0.1) is 0 Å². The maximum atomic E-state index is 12.4. The zero-order valence-corrected chi connectivity index (χ0v) is 16.4. The van der Waals surface area contributed by atoms with Gasteiger partial charge >= 0.3 is 5.76 Å². The van der Waals surface area contributed by atoms with Crippen LogP contribution in [-0.2, 0) is 4.79 Å². The Morgan fingerprint density at radius 3 is 2.76 bits per heavy atom. The average Bonchev–Trinajstić information content (AvgIpc) is 3.10. The highest BCUT2D eigenvalue weighted by atomic mass is 35.5. The Balaban J connectivity index is 1.49. The van der Waals surface area contributed by atoms with Crippen LogP contribution in [-0.4, -0.2) is 47.6 Å².